The Morgan fingerprint density at radius 1 is 0.947 bits per heavy atom. The smallest absolute Gasteiger partial charge is 0.465 e. The molecule has 0 aromatic heterocycles. The molecule has 200 valence electrons. The van der Waals surface area contributed by atoms with Gasteiger partial charge in [-0.2, -0.15) is 0 Å². The van der Waals surface area contributed by atoms with Crippen molar-refractivity contribution in [3.63, 3.8) is 0 Å². The summed E-state index contributed by atoms with van der Waals surface area (Å²) >= 11 is 6.13. The summed E-state index contributed by atoms with van der Waals surface area (Å²) in [6, 6.07) is 18.3. The normalized spacial score (nSPS) is 14.5. The number of rotatable bonds is 8. The highest BCUT2D eigenvalue weighted by Gasteiger charge is 2.37. The molecule has 1 heterocycles. The van der Waals surface area contributed by atoms with Crippen molar-refractivity contribution in [1.82, 2.24) is 4.90 Å². The van der Waals surface area contributed by atoms with Crippen molar-refractivity contribution in [2.24, 2.45) is 0 Å². The number of esters is 1. The number of benzene rings is 3. The van der Waals surface area contributed by atoms with Crippen LogP contribution in [0.3, 0.4) is 0 Å². The number of alkyl halides is 3. The maximum absolute atomic E-state index is 14.1. The first-order valence-electron chi connectivity index (χ1n) is 12.2. The summed E-state index contributed by atoms with van der Waals surface area (Å²) in [4.78, 5) is 27.7. The highest BCUT2D eigenvalue weighted by Crippen LogP contribution is 2.40. The van der Waals surface area contributed by atoms with Crippen LogP contribution in [0.2, 0.25) is 5.02 Å². The van der Waals surface area contributed by atoms with Gasteiger partial charge in [-0.25, -0.2) is 4.79 Å². The molecule has 1 amide bonds. The molecule has 4 rings (SSSR count). The minimum Gasteiger partial charge on any atom is -0.465 e. The molecule has 9 heteroatoms. The lowest BCUT2D eigenvalue weighted by Gasteiger charge is -2.31. The fourth-order valence-corrected chi connectivity index (χ4v) is 5.08. The predicted molar refractivity (Wildman–Crippen MR) is 137 cm³/mol. The summed E-state index contributed by atoms with van der Waals surface area (Å²) in [7, 11) is 1.32. The first-order chi connectivity index (χ1) is 18.1. The predicted octanol–water partition coefficient (Wildman–Crippen LogP) is 7.24. The third kappa shape index (κ3) is 6.30. The second kappa shape index (κ2) is 11.5. The van der Waals surface area contributed by atoms with Gasteiger partial charge in [0.15, 0.2) is 0 Å². The Morgan fingerprint density at radius 2 is 1.58 bits per heavy atom. The van der Waals surface area contributed by atoms with Gasteiger partial charge in [0.05, 0.1) is 18.6 Å². The first kappa shape index (κ1) is 27.5. The Bertz CT molecular complexity index is 1290. The molecule has 0 N–H and O–H groups in total. The van der Waals surface area contributed by atoms with Gasteiger partial charge in [0.1, 0.15) is 5.75 Å². The second-order valence-corrected chi connectivity index (χ2v) is 9.65. The summed E-state index contributed by atoms with van der Waals surface area (Å²) in [5.74, 6) is -1.69. The van der Waals surface area contributed by atoms with Crippen molar-refractivity contribution in [3.05, 3.63) is 99.6 Å². The van der Waals surface area contributed by atoms with E-state index in [1.807, 2.05) is 31.2 Å². The van der Waals surface area contributed by atoms with Crippen LogP contribution in [0.1, 0.15) is 64.2 Å². The number of halogens is 4. The second-order valence-electron chi connectivity index (χ2n) is 9.21. The maximum Gasteiger partial charge on any atom is 0.573 e. The molecule has 0 saturated heterocycles. The van der Waals surface area contributed by atoms with Crippen LogP contribution in [-0.4, -0.2) is 30.2 Å². The van der Waals surface area contributed by atoms with E-state index in [4.69, 9.17) is 16.3 Å². The van der Waals surface area contributed by atoms with Crippen molar-refractivity contribution < 1.29 is 32.2 Å². The molecule has 1 aliphatic heterocycles. The number of hydrogen-bond acceptors (Lipinski definition) is 4. The van der Waals surface area contributed by atoms with Gasteiger partial charge in [0, 0.05) is 18.1 Å². The van der Waals surface area contributed by atoms with Crippen molar-refractivity contribution in [3.8, 4) is 5.75 Å². The Hall–Kier alpha value is -3.52. The lowest BCUT2D eigenvalue weighted by atomic mass is 9.78. The van der Waals surface area contributed by atoms with Crippen LogP contribution in [0.5, 0.6) is 5.75 Å². The number of amides is 1. The Kier molecular flexibility index (Phi) is 8.31. The highest BCUT2D eigenvalue weighted by atomic mass is 35.5. The number of methoxy groups -OCH3 is 1. The Balaban J connectivity index is 1.67. The number of carbonyl (C=O) groups excluding carboxylic acids is 2. The largest absolute Gasteiger partial charge is 0.573 e. The van der Waals surface area contributed by atoms with Gasteiger partial charge < -0.3 is 14.4 Å². The van der Waals surface area contributed by atoms with E-state index in [9.17, 15) is 22.8 Å². The van der Waals surface area contributed by atoms with Gasteiger partial charge in [0.2, 0.25) is 5.91 Å². The Labute approximate surface area is 224 Å². The fraction of sp³-hybridized carbons (Fsp3) is 0.310. The van der Waals surface area contributed by atoms with Crippen molar-refractivity contribution in [2.75, 3.05) is 7.11 Å². The molecule has 0 saturated carbocycles. The number of ether oxygens (including phenoxy) is 2. The molecule has 0 bridgehead atoms. The van der Waals surface area contributed by atoms with Gasteiger partial charge in [-0.15, -0.1) is 13.2 Å². The molecular formula is C29H27ClF3NO4. The summed E-state index contributed by atoms with van der Waals surface area (Å²) < 4.78 is 47.0. The molecule has 2 unspecified atom stereocenters. The molecule has 0 radical (unpaired) electrons. The fourth-order valence-electron chi connectivity index (χ4n) is 4.96. The molecular weight excluding hydrogens is 519 g/mol. The van der Waals surface area contributed by atoms with Crippen LogP contribution in [-0.2, 0) is 22.6 Å². The van der Waals surface area contributed by atoms with Crippen LogP contribution in [0.15, 0.2) is 66.7 Å². The lowest BCUT2D eigenvalue weighted by molar-refractivity contribution is -0.274. The SMILES string of the molecule is CCCC(c1ccc(C(=O)OC)cc1)C(C(=O)N1Cc2ccc(OC(F)(F)F)cc2C1)c1ccc(Cl)cc1. The van der Waals surface area contributed by atoms with Crippen molar-refractivity contribution in [1.29, 1.82) is 0 Å². The Morgan fingerprint density at radius 3 is 2.18 bits per heavy atom. The first-order valence-corrected chi connectivity index (χ1v) is 12.6. The van der Waals surface area contributed by atoms with Crippen molar-refractivity contribution >= 4 is 23.5 Å². The van der Waals surface area contributed by atoms with E-state index >= 15 is 0 Å². The average Bonchev–Trinajstić information content (AvgIpc) is 3.31. The highest BCUT2D eigenvalue weighted by molar-refractivity contribution is 6.30. The van der Waals surface area contributed by atoms with Crippen molar-refractivity contribution in [2.45, 2.75) is 51.1 Å². The zero-order chi connectivity index (χ0) is 27.4. The monoisotopic (exact) mass is 545 g/mol. The molecule has 1 aliphatic rings. The standard InChI is InChI=1S/C29H27ClF3NO4/c1-3-4-25(18-5-7-20(8-6-18)28(36)37-2)26(19-9-12-23(30)13-10-19)27(35)34-16-21-11-14-24(15-22(21)17-34)38-29(31,32)33/h5-15,25-26H,3-4,16-17H2,1-2H3. The number of hydrogen-bond donors (Lipinski definition) is 0. The quantitative estimate of drug-likeness (QED) is 0.280. The molecule has 5 nitrogen and oxygen atoms in total. The molecule has 0 fully saturated rings. The van der Waals surface area contributed by atoms with E-state index in [1.54, 1.807) is 35.2 Å². The summed E-state index contributed by atoms with van der Waals surface area (Å²) in [5.41, 5.74) is 3.48. The average molecular weight is 546 g/mol. The van der Waals surface area contributed by atoms with Crippen LogP contribution < -0.4 is 4.74 Å². The van der Waals surface area contributed by atoms with Crippen LogP contribution >= 0.6 is 11.6 Å². The van der Waals surface area contributed by atoms with Crippen LogP contribution in [0, 0.1) is 0 Å². The lowest BCUT2D eigenvalue weighted by Crippen LogP contribution is -2.34. The number of fused-ring (bicyclic) bond motifs is 1. The van der Waals surface area contributed by atoms with E-state index in [2.05, 4.69) is 4.74 Å². The molecule has 2 atom stereocenters. The van der Waals surface area contributed by atoms with Gasteiger partial charge >= 0.3 is 12.3 Å². The molecule has 38 heavy (non-hydrogen) atoms. The summed E-state index contributed by atoms with van der Waals surface area (Å²) in [6.45, 7) is 2.49. The maximum atomic E-state index is 14.1. The van der Waals surface area contributed by atoms with Gasteiger partial charge in [0.25, 0.3) is 0 Å². The van der Waals surface area contributed by atoms with E-state index in [0.717, 1.165) is 23.1 Å². The topological polar surface area (TPSA) is 55.8 Å². The van der Waals surface area contributed by atoms with Crippen LogP contribution in [0.4, 0.5) is 13.2 Å². The number of nitrogens with zero attached hydrogens (tertiary/aromatic N) is 1. The van der Waals surface area contributed by atoms with E-state index in [0.29, 0.717) is 22.6 Å². The molecule has 0 spiro atoms. The van der Waals surface area contributed by atoms with Gasteiger partial charge in [-0.1, -0.05) is 55.3 Å². The minimum absolute atomic E-state index is 0.141. The van der Waals surface area contributed by atoms with E-state index in [-0.39, 0.29) is 30.7 Å². The molecule has 3 aromatic carbocycles. The molecule has 3 aromatic rings. The summed E-state index contributed by atoms with van der Waals surface area (Å²) in [5, 5.41) is 0.542. The third-order valence-corrected chi connectivity index (χ3v) is 6.95. The molecule has 0 aliphatic carbocycles. The van der Waals surface area contributed by atoms with Gasteiger partial charge in [-0.3, -0.25) is 4.79 Å². The zero-order valence-electron chi connectivity index (χ0n) is 20.9. The minimum atomic E-state index is -4.79. The van der Waals surface area contributed by atoms with E-state index in [1.165, 1.54) is 19.2 Å². The third-order valence-electron chi connectivity index (χ3n) is 6.70. The summed E-state index contributed by atoms with van der Waals surface area (Å²) in [6.07, 6.45) is -3.29. The van der Waals surface area contributed by atoms with Crippen LogP contribution in [0.25, 0.3) is 0 Å². The number of carbonyl (C=O) groups is 2. The van der Waals surface area contributed by atoms with E-state index < -0.39 is 18.2 Å². The van der Waals surface area contributed by atoms with Gasteiger partial charge in [-0.05, 0) is 71.0 Å². The zero-order valence-corrected chi connectivity index (χ0v) is 21.7.